The predicted molar refractivity (Wildman–Crippen MR) is 142 cm³/mol. The number of pyridine rings is 1. The molecule has 40 heavy (non-hydrogen) atoms. The van der Waals surface area contributed by atoms with Gasteiger partial charge in [-0.15, -0.1) is 0 Å². The zero-order valence-electron chi connectivity index (χ0n) is 22.2. The summed E-state index contributed by atoms with van der Waals surface area (Å²) in [6, 6.07) is 8.33. The van der Waals surface area contributed by atoms with Crippen molar-refractivity contribution in [2.45, 2.75) is 70.0 Å². The Bertz CT molecular complexity index is 1540. The fourth-order valence-corrected chi connectivity index (χ4v) is 6.05. The first-order valence-corrected chi connectivity index (χ1v) is 14.0. The summed E-state index contributed by atoms with van der Waals surface area (Å²) >= 11 is 0. The Balaban J connectivity index is 0.971. The second-order valence-electron chi connectivity index (χ2n) is 11.5. The van der Waals surface area contributed by atoms with E-state index in [1.54, 1.807) is 30.0 Å². The second-order valence-corrected chi connectivity index (χ2v) is 11.5. The van der Waals surface area contributed by atoms with Gasteiger partial charge in [-0.3, -0.25) is 24.4 Å². The highest BCUT2D eigenvalue weighted by atomic mass is 19.1. The molecule has 206 valence electrons. The van der Waals surface area contributed by atoms with Crippen LogP contribution in [0.5, 0.6) is 5.75 Å². The molecular weight excluding hydrogens is 513 g/mol. The maximum absolute atomic E-state index is 13.8. The number of hydrogen-bond acceptors (Lipinski definition) is 6. The number of imide groups is 1. The fraction of sp³-hybridized carbons (Fsp3) is 0.433. The molecule has 1 N–H and O–H groups in total. The summed E-state index contributed by atoms with van der Waals surface area (Å²) in [5.74, 6) is 0.362. The van der Waals surface area contributed by atoms with Crippen LogP contribution >= 0.6 is 0 Å². The average Bonchev–Trinajstić information content (AvgIpc) is 3.58. The first kappa shape index (κ1) is 24.9. The van der Waals surface area contributed by atoms with E-state index in [0.717, 1.165) is 48.2 Å². The lowest BCUT2D eigenvalue weighted by Gasteiger charge is -2.35. The minimum Gasteiger partial charge on any atom is -0.493 e. The van der Waals surface area contributed by atoms with Gasteiger partial charge in [0.2, 0.25) is 11.8 Å². The molecule has 1 unspecified atom stereocenters. The number of aromatic nitrogens is 3. The number of piperidine rings is 1. The summed E-state index contributed by atoms with van der Waals surface area (Å²) in [4.78, 5) is 42.7. The van der Waals surface area contributed by atoms with Gasteiger partial charge in [0.1, 0.15) is 17.6 Å². The Kier molecular flexibility index (Phi) is 5.94. The van der Waals surface area contributed by atoms with E-state index in [0.29, 0.717) is 54.5 Å². The van der Waals surface area contributed by atoms with Crippen molar-refractivity contribution in [3.05, 3.63) is 64.9 Å². The minimum absolute atomic E-state index is 0.187. The number of aryl methyl sites for hydroxylation is 1. The normalized spacial score (nSPS) is 24.1. The van der Waals surface area contributed by atoms with Crippen LogP contribution in [0.3, 0.4) is 0 Å². The molecule has 0 radical (unpaired) electrons. The zero-order chi connectivity index (χ0) is 27.5. The molecule has 2 aliphatic carbocycles. The summed E-state index contributed by atoms with van der Waals surface area (Å²) in [5.41, 5.74) is 4.65. The van der Waals surface area contributed by atoms with Crippen LogP contribution < -0.4 is 10.1 Å². The molecule has 2 aromatic heterocycles. The van der Waals surface area contributed by atoms with E-state index in [1.165, 1.54) is 6.07 Å². The molecule has 1 saturated heterocycles. The van der Waals surface area contributed by atoms with E-state index >= 15 is 0 Å². The largest absolute Gasteiger partial charge is 0.493 e. The van der Waals surface area contributed by atoms with Gasteiger partial charge in [-0.25, -0.2) is 9.37 Å². The van der Waals surface area contributed by atoms with Crippen molar-refractivity contribution in [3.63, 3.8) is 0 Å². The maximum Gasteiger partial charge on any atom is 0.255 e. The number of carbonyl (C=O) groups excluding carboxylic acids is 3. The number of hydrogen-bond donors (Lipinski definition) is 1. The molecule has 2 saturated carbocycles. The van der Waals surface area contributed by atoms with Gasteiger partial charge in [-0.2, -0.15) is 5.10 Å². The summed E-state index contributed by atoms with van der Waals surface area (Å²) in [6.07, 6.45) is 6.81. The van der Waals surface area contributed by atoms with Crippen molar-refractivity contribution in [2.75, 3.05) is 6.61 Å². The Morgan fingerprint density at radius 2 is 1.90 bits per heavy atom. The SMILES string of the molecule is Cc1nc(-c2cn(C3CC(COc4ccc5c(c4)CN(C4CCC(=O)NC4=O)C5=O)C3)nc2C2CC2)ccc1F. The smallest absolute Gasteiger partial charge is 0.255 e. The quantitative estimate of drug-likeness (QED) is 0.451. The van der Waals surface area contributed by atoms with Crippen molar-refractivity contribution < 1.29 is 23.5 Å². The first-order valence-electron chi connectivity index (χ1n) is 14.0. The molecule has 1 aromatic carbocycles. The molecule has 4 aliphatic rings. The number of fused-ring (bicyclic) bond motifs is 1. The third-order valence-corrected chi connectivity index (χ3v) is 8.59. The number of amides is 3. The standard InChI is InChI=1S/C30H30FN5O4/c1-16-24(31)6-7-25(32-16)23-14-36(34-28(23)18-2-3-18)20-10-17(11-20)15-40-21-4-5-22-19(12-21)13-35(30(22)39)26-8-9-27(37)33-29(26)38/h4-7,12,14,17-18,20,26H,2-3,8-11,13,15H2,1H3,(H,33,37,38). The van der Waals surface area contributed by atoms with E-state index in [4.69, 9.17) is 9.84 Å². The molecule has 0 spiro atoms. The van der Waals surface area contributed by atoms with Crippen molar-refractivity contribution in [1.82, 2.24) is 25.0 Å². The molecule has 9 nitrogen and oxygen atoms in total. The van der Waals surface area contributed by atoms with Crippen molar-refractivity contribution in [1.29, 1.82) is 0 Å². The number of benzene rings is 1. The van der Waals surface area contributed by atoms with Crippen LogP contribution in [0.2, 0.25) is 0 Å². The Morgan fingerprint density at radius 1 is 1.07 bits per heavy atom. The Morgan fingerprint density at radius 3 is 2.65 bits per heavy atom. The molecule has 0 bridgehead atoms. The van der Waals surface area contributed by atoms with Gasteiger partial charge in [0.25, 0.3) is 5.91 Å². The van der Waals surface area contributed by atoms with Crippen LogP contribution in [-0.2, 0) is 16.1 Å². The van der Waals surface area contributed by atoms with Gasteiger partial charge in [0.15, 0.2) is 0 Å². The van der Waals surface area contributed by atoms with Gasteiger partial charge < -0.3 is 9.64 Å². The predicted octanol–water partition coefficient (Wildman–Crippen LogP) is 4.06. The highest BCUT2D eigenvalue weighted by molar-refractivity contribution is 6.05. The van der Waals surface area contributed by atoms with Gasteiger partial charge in [-0.05, 0) is 80.8 Å². The molecule has 3 aromatic rings. The van der Waals surface area contributed by atoms with Crippen LogP contribution in [0.4, 0.5) is 4.39 Å². The van der Waals surface area contributed by atoms with Crippen LogP contribution in [0.1, 0.15) is 77.8 Å². The lowest BCUT2D eigenvalue weighted by atomic mass is 9.81. The summed E-state index contributed by atoms with van der Waals surface area (Å²) < 4.78 is 22.0. The second kappa shape index (κ2) is 9.53. The molecule has 3 fully saturated rings. The van der Waals surface area contributed by atoms with Crippen LogP contribution in [-0.4, -0.2) is 50.0 Å². The van der Waals surface area contributed by atoms with Crippen LogP contribution in [0.25, 0.3) is 11.3 Å². The summed E-state index contributed by atoms with van der Waals surface area (Å²) in [5, 5.41) is 7.27. The van der Waals surface area contributed by atoms with E-state index < -0.39 is 11.9 Å². The minimum atomic E-state index is -0.625. The third kappa shape index (κ3) is 4.45. The fourth-order valence-electron chi connectivity index (χ4n) is 6.05. The van der Waals surface area contributed by atoms with E-state index in [2.05, 4.69) is 21.2 Å². The number of ether oxygens (including phenoxy) is 1. The number of nitrogens with zero attached hydrogens (tertiary/aromatic N) is 4. The molecule has 4 heterocycles. The summed E-state index contributed by atoms with van der Waals surface area (Å²) in [7, 11) is 0. The zero-order valence-corrected chi connectivity index (χ0v) is 22.2. The van der Waals surface area contributed by atoms with Crippen molar-refractivity contribution in [2.24, 2.45) is 5.92 Å². The molecule has 3 amide bonds. The van der Waals surface area contributed by atoms with Gasteiger partial charge in [-0.1, -0.05) is 0 Å². The highest BCUT2D eigenvalue weighted by Crippen LogP contribution is 2.45. The molecule has 2 aliphatic heterocycles. The number of nitrogens with one attached hydrogen (secondary N) is 1. The van der Waals surface area contributed by atoms with Crippen molar-refractivity contribution >= 4 is 17.7 Å². The van der Waals surface area contributed by atoms with E-state index in [-0.39, 0.29) is 24.1 Å². The van der Waals surface area contributed by atoms with Gasteiger partial charge in [0.05, 0.1) is 29.7 Å². The first-order chi connectivity index (χ1) is 19.3. The summed E-state index contributed by atoms with van der Waals surface area (Å²) in [6.45, 7) is 2.59. The van der Waals surface area contributed by atoms with Crippen molar-refractivity contribution in [3.8, 4) is 17.0 Å². The van der Waals surface area contributed by atoms with Gasteiger partial charge in [0, 0.05) is 36.2 Å². The Labute approximate surface area is 230 Å². The number of halogens is 1. The monoisotopic (exact) mass is 543 g/mol. The topological polar surface area (TPSA) is 106 Å². The molecule has 7 rings (SSSR count). The number of carbonyl (C=O) groups is 3. The van der Waals surface area contributed by atoms with Crippen LogP contribution in [0, 0.1) is 18.7 Å². The number of rotatable bonds is 7. The molecule has 10 heteroatoms. The van der Waals surface area contributed by atoms with Gasteiger partial charge >= 0.3 is 0 Å². The molecular formula is C30H30FN5O4. The average molecular weight is 544 g/mol. The third-order valence-electron chi connectivity index (χ3n) is 8.59. The van der Waals surface area contributed by atoms with E-state index in [9.17, 15) is 18.8 Å². The van der Waals surface area contributed by atoms with E-state index in [1.807, 2.05) is 6.07 Å². The lowest BCUT2D eigenvalue weighted by molar-refractivity contribution is -0.136. The maximum atomic E-state index is 13.8. The lowest BCUT2D eigenvalue weighted by Crippen LogP contribution is -2.52. The molecule has 1 atom stereocenters. The Hall–Kier alpha value is -4.08. The van der Waals surface area contributed by atoms with Crippen LogP contribution in [0.15, 0.2) is 36.5 Å². The highest BCUT2D eigenvalue weighted by Gasteiger charge is 2.39.